The average molecular weight is 402 g/mol. The van der Waals surface area contributed by atoms with Gasteiger partial charge in [0, 0.05) is 15.3 Å². The van der Waals surface area contributed by atoms with E-state index >= 15 is 0 Å². The lowest BCUT2D eigenvalue weighted by Gasteiger charge is -2.04. The maximum atomic E-state index is 12.4. The molecule has 0 atom stereocenters. The van der Waals surface area contributed by atoms with Crippen molar-refractivity contribution >= 4 is 46.0 Å². The first kappa shape index (κ1) is 20.5. The monoisotopic (exact) mass is 401 g/mol. The minimum atomic E-state index is -1.11. The molecule has 2 aromatic heterocycles. The average Bonchev–Trinajstić information content (AvgIpc) is 3.22. The van der Waals surface area contributed by atoms with E-state index in [2.05, 4.69) is 5.32 Å². The van der Waals surface area contributed by atoms with Gasteiger partial charge < -0.3 is 10.4 Å². The number of anilines is 1. The van der Waals surface area contributed by atoms with E-state index in [0.29, 0.717) is 15.3 Å². The first-order valence-corrected chi connectivity index (χ1v) is 9.34. The van der Waals surface area contributed by atoms with Crippen LogP contribution in [0.25, 0.3) is 9.75 Å². The topological polar surface area (TPSA) is 83.5 Å². The molecule has 0 bridgehead atoms. The summed E-state index contributed by atoms with van der Waals surface area (Å²) in [7, 11) is 0. The van der Waals surface area contributed by atoms with Gasteiger partial charge in [0.25, 0.3) is 5.91 Å². The van der Waals surface area contributed by atoms with Crippen LogP contribution < -0.4 is 5.32 Å². The number of Topliss-reactive ketones (excluding diaryl/α,β-unsaturated/α-hetero) is 1. The van der Waals surface area contributed by atoms with Gasteiger partial charge in [0.05, 0.1) is 10.6 Å². The number of aryl methyl sites for hydroxylation is 1. The second kappa shape index (κ2) is 8.28. The molecule has 3 aromatic rings. The van der Waals surface area contributed by atoms with Crippen LogP contribution in [0.15, 0.2) is 42.5 Å². The van der Waals surface area contributed by atoms with Gasteiger partial charge >= 0.3 is 5.97 Å². The predicted octanol–water partition coefficient (Wildman–Crippen LogP) is 5.57. The van der Waals surface area contributed by atoms with E-state index in [-0.39, 0.29) is 29.7 Å². The summed E-state index contributed by atoms with van der Waals surface area (Å²) in [5.74, 6) is -1.51. The van der Waals surface area contributed by atoms with Crippen molar-refractivity contribution in [2.75, 3.05) is 5.32 Å². The van der Waals surface area contributed by atoms with E-state index < -0.39 is 5.97 Å². The number of carboxylic acids is 1. The molecule has 140 valence electrons. The van der Waals surface area contributed by atoms with Crippen molar-refractivity contribution in [2.45, 2.75) is 21.3 Å². The highest BCUT2D eigenvalue weighted by Gasteiger charge is 2.20. The SMILES string of the molecule is C.CC(=O)c1ccc(-c2cc(NC(=O)c3ccc(C)cc3)c(C(=O)O)s2)s1. The van der Waals surface area contributed by atoms with Gasteiger partial charge in [-0.1, -0.05) is 25.1 Å². The Bertz CT molecular complexity index is 999. The number of carbonyl (C=O) groups excluding carboxylic acids is 2. The number of aromatic carboxylic acids is 1. The highest BCUT2D eigenvalue weighted by Crippen LogP contribution is 2.38. The van der Waals surface area contributed by atoms with E-state index in [1.165, 1.54) is 18.3 Å². The Hall–Kier alpha value is -2.77. The molecule has 0 saturated heterocycles. The summed E-state index contributed by atoms with van der Waals surface area (Å²) in [4.78, 5) is 37.6. The van der Waals surface area contributed by atoms with Crippen LogP contribution in [0, 0.1) is 6.92 Å². The predicted molar refractivity (Wildman–Crippen MR) is 110 cm³/mol. The van der Waals surface area contributed by atoms with Crippen molar-refractivity contribution in [3.05, 3.63) is 63.3 Å². The molecule has 2 N–H and O–H groups in total. The first-order chi connectivity index (χ1) is 12.3. The molecule has 0 unspecified atom stereocenters. The summed E-state index contributed by atoms with van der Waals surface area (Å²) in [6.45, 7) is 3.41. The molecule has 5 nitrogen and oxygen atoms in total. The van der Waals surface area contributed by atoms with Crippen LogP contribution in [-0.4, -0.2) is 22.8 Å². The van der Waals surface area contributed by atoms with Gasteiger partial charge in [-0.15, -0.1) is 22.7 Å². The molecular formula is C20H19NO4S2. The van der Waals surface area contributed by atoms with Crippen molar-refractivity contribution in [1.29, 1.82) is 0 Å². The number of carboxylic acid groups (broad SMARTS) is 1. The quantitative estimate of drug-likeness (QED) is 0.547. The molecule has 0 aliphatic rings. The zero-order chi connectivity index (χ0) is 18.8. The van der Waals surface area contributed by atoms with Gasteiger partial charge in [-0.2, -0.15) is 0 Å². The molecule has 0 aliphatic carbocycles. The molecule has 1 aromatic carbocycles. The number of thiophene rings is 2. The number of rotatable bonds is 5. The first-order valence-electron chi connectivity index (χ1n) is 7.71. The Labute approximate surface area is 165 Å². The van der Waals surface area contributed by atoms with Gasteiger partial charge in [-0.25, -0.2) is 4.79 Å². The smallest absolute Gasteiger partial charge is 0.348 e. The summed E-state index contributed by atoms with van der Waals surface area (Å²) >= 11 is 2.37. The maximum absolute atomic E-state index is 12.4. The zero-order valence-electron chi connectivity index (χ0n) is 14.0. The lowest BCUT2D eigenvalue weighted by molar-refractivity contribution is 0.0703. The minimum Gasteiger partial charge on any atom is -0.477 e. The number of amides is 1. The molecule has 2 heterocycles. The van der Waals surface area contributed by atoms with E-state index in [0.717, 1.165) is 21.8 Å². The summed E-state index contributed by atoms with van der Waals surface area (Å²) in [5.41, 5.74) is 1.74. The number of nitrogens with one attached hydrogen (secondary N) is 1. The fraction of sp³-hybridized carbons (Fsp3) is 0.150. The number of hydrogen-bond acceptors (Lipinski definition) is 5. The Morgan fingerprint density at radius 3 is 2.19 bits per heavy atom. The van der Waals surface area contributed by atoms with Crippen LogP contribution in [0.4, 0.5) is 5.69 Å². The third-order valence-corrected chi connectivity index (χ3v) is 6.19. The van der Waals surface area contributed by atoms with Crippen molar-refractivity contribution in [1.82, 2.24) is 0 Å². The second-order valence-corrected chi connectivity index (χ2v) is 7.83. The van der Waals surface area contributed by atoms with Gasteiger partial charge in [0.1, 0.15) is 4.88 Å². The van der Waals surface area contributed by atoms with Crippen LogP contribution >= 0.6 is 22.7 Å². The van der Waals surface area contributed by atoms with Gasteiger partial charge in [0.15, 0.2) is 5.78 Å². The Kier molecular flexibility index (Phi) is 6.30. The third kappa shape index (κ3) is 4.50. The Morgan fingerprint density at radius 2 is 1.63 bits per heavy atom. The molecule has 7 heteroatoms. The highest BCUT2D eigenvalue weighted by molar-refractivity contribution is 7.24. The van der Waals surface area contributed by atoms with Crippen molar-refractivity contribution in [2.24, 2.45) is 0 Å². The van der Waals surface area contributed by atoms with Crippen LogP contribution in [0.1, 0.15) is 49.6 Å². The molecular weight excluding hydrogens is 382 g/mol. The zero-order valence-corrected chi connectivity index (χ0v) is 15.7. The number of hydrogen-bond donors (Lipinski definition) is 2. The largest absolute Gasteiger partial charge is 0.477 e. The van der Waals surface area contributed by atoms with Crippen molar-refractivity contribution in [3.63, 3.8) is 0 Å². The fourth-order valence-corrected chi connectivity index (χ4v) is 4.26. The molecule has 27 heavy (non-hydrogen) atoms. The van der Waals surface area contributed by atoms with Crippen molar-refractivity contribution in [3.8, 4) is 9.75 Å². The number of carbonyl (C=O) groups is 3. The standard InChI is InChI=1S/C19H15NO4S2.CH4/c1-10-3-5-12(6-4-10)18(22)20-13-9-16(26-17(13)19(23)24)15-8-7-14(25-15)11(2)21;/h3-9H,1-2H3,(H,20,22)(H,23,24);1H4. The summed E-state index contributed by atoms with van der Waals surface area (Å²) in [6, 6.07) is 12.2. The van der Waals surface area contributed by atoms with E-state index in [9.17, 15) is 19.5 Å². The molecule has 3 rings (SSSR count). The summed E-state index contributed by atoms with van der Waals surface area (Å²) in [5, 5.41) is 12.1. The van der Waals surface area contributed by atoms with E-state index in [1.807, 2.05) is 19.1 Å². The van der Waals surface area contributed by atoms with Crippen LogP contribution in [0.3, 0.4) is 0 Å². The lowest BCUT2D eigenvalue weighted by Crippen LogP contribution is -2.13. The van der Waals surface area contributed by atoms with Gasteiger partial charge in [-0.3, -0.25) is 9.59 Å². The van der Waals surface area contributed by atoms with E-state index in [4.69, 9.17) is 0 Å². The lowest BCUT2D eigenvalue weighted by atomic mass is 10.1. The Morgan fingerprint density at radius 1 is 0.963 bits per heavy atom. The summed E-state index contributed by atoms with van der Waals surface area (Å²) < 4.78 is 0. The molecule has 0 saturated carbocycles. The summed E-state index contributed by atoms with van der Waals surface area (Å²) in [6.07, 6.45) is 0. The molecule has 0 aliphatic heterocycles. The molecule has 0 spiro atoms. The number of benzene rings is 1. The normalized spacial score (nSPS) is 10.1. The van der Waals surface area contributed by atoms with Crippen LogP contribution in [0.2, 0.25) is 0 Å². The van der Waals surface area contributed by atoms with Gasteiger partial charge in [0.2, 0.25) is 0 Å². The van der Waals surface area contributed by atoms with Crippen LogP contribution in [0.5, 0.6) is 0 Å². The fourth-order valence-electron chi connectivity index (χ4n) is 2.32. The van der Waals surface area contributed by atoms with Crippen molar-refractivity contribution < 1.29 is 19.5 Å². The van der Waals surface area contributed by atoms with Crippen LogP contribution in [-0.2, 0) is 0 Å². The van der Waals surface area contributed by atoms with Gasteiger partial charge in [-0.05, 0) is 44.2 Å². The maximum Gasteiger partial charge on any atom is 0.348 e. The number of ketones is 1. The highest BCUT2D eigenvalue weighted by atomic mass is 32.1. The third-order valence-electron chi connectivity index (χ3n) is 3.68. The van der Waals surface area contributed by atoms with E-state index in [1.54, 1.807) is 30.3 Å². The molecule has 0 radical (unpaired) electrons. The minimum absolute atomic E-state index is 0. The second-order valence-electron chi connectivity index (χ2n) is 5.70. The molecule has 0 fully saturated rings. The Balaban J connectivity index is 0.00000261. The molecule has 1 amide bonds.